The Balaban J connectivity index is 1.85. The van der Waals surface area contributed by atoms with E-state index in [-0.39, 0.29) is 5.60 Å². The summed E-state index contributed by atoms with van der Waals surface area (Å²) in [4.78, 5) is 0.314. The zero-order chi connectivity index (χ0) is 15.0. The van der Waals surface area contributed by atoms with Gasteiger partial charge in [0.25, 0.3) is 0 Å². The zero-order valence-corrected chi connectivity index (χ0v) is 14.4. The van der Waals surface area contributed by atoms with Gasteiger partial charge in [-0.2, -0.15) is 0 Å². The van der Waals surface area contributed by atoms with Crippen molar-refractivity contribution < 1.29 is 4.74 Å². The molecule has 2 aromatic carbocycles. The van der Waals surface area contributed by atoms with Gasteiger partial charge in [0.05, 0.1) is 0 Å². The Hall–Kier alpha value is -1.28. The summed E-state index contributed by atoms with van der Waals surface area (Å²) in [7, 11) is 0. The Morgan fingerprint density at radius 2 is 1.76 bits per heavy atom. The van der Waals surface area contributed by atoms with E-state index in [0.717, 1.165) is 12.2 Å². The highest BCUT2D eigenvalue weighted by atomic mass is 79.9. The quantitative estimate of drug-likeness (QED) is 0.654. The number of halogens is 1. The first-order valence-corrected chi connectivity index (χ1v) is 8.39. The third-order valence-electron chi connectivity index (χ3n) is 4.17. The summed E-state index contributed by atoms with van der Waals surface area (Å²) < 4.78 is 5.96. The summed E-state index contributed by atoms with van der Waals surface area (Å²) in [5.74, 6) is 1.47. The first-order chi connectivity index (χ1) is 9.96. The second kappa shape index (κ2) is 5.49. The molecule has 0 amide bonds. The normalized spacial score (nSPS) is 18.7. The van der Waals surface area contributed by atoms with E-state index in [0.29, 0.717) is 10.7 Å². The van der Waals surface area contributed by atoms with E-state index in [1.165, 1.54) is 16.7 Å². The van der Waals surface area contributed by atoms with Gasteiger partial charge >= 0.3 is 0 Å². The van der Waals surface area contributed by atoms with Crippen molar-refractivity contribution in [2.45, 2.75) is 43.5 Å². The number of alkyl halides is 1. The Morgan fingerprint density at radius 3 is 2.48 bits per heavy atom. The molecule has 0 fully saturated rings. The molecule has 1 heterocycles. The highest BCUT2D eigenvalue weighted by Gasteiger charge is 2.30. The first kappa shape index (κ1) is 14.6. The molecule has 1 nitrogen and oxygen atoms in total. The molecule has 1 aliphatic heterocycles. The number of hydrogen-bond donors (Lipinski definition) is 0. The minimum atomic E-state index is -0.0756. The van der Waals surface area contributed by atoms with Crippen LogP contribution in [0.15, 0.2) is 48.5 Å². The molecule has 2 heteroatoms. The lowest BCUT2D eigenvalue weighted by Crippen LogP contribution is -2.24. The molecular weight excluding hydrogens is 324 g/mol. The number of ether oxygens (including phenoxy) is 1. The van der Waals surface area contributed by atoms with E-state index >= 15 is 0 Å². The fourth-order valence-corrected chi connectivity index (χ4v) is 3.61. The molecule has 3 rings (SSSR count). The van der Waals surface area contributed by atoms with Gasteiger partial charge in [0.1, 0.15) is 11.4 Å². The first-order valence-electron chi connectivity index (χ1n) is 7.47. The maximum atomic E-state index is 5.96. The van der Waals surface area contributed by atoms with Gasteiger partial charge in [0.15, 0.2) is 0 Å². The zero-order valence-electron chi connectivity index (χ0n) is 12.8. The van der Waals surface area contributed by atoms with Gasteiger partial charge in [-0.05, 0) is 42.5 Å². The maximum Gasteiger partial charge on any atom is 0.123 e. The molecule has 0 spiro atoms. The minimum absolute atomic E-state index is 0.0756. The van der Waals surface area contributed by atoms with Crippen LogP contribution in [0.2, 0.25) is 0 Å². The molecule has 1 aliphatic rings. The SMILES string of the molecule is CC(c1ccccc1)C(Br)c1ccc2c(c1)CC(C)(C)O2. The lowest BCUT2D eigenvalue weighted by Gasteiger charge is -2.19. The Bertz CT molecular complexity index is 633. The molecule has 2 unspecified atom stereocenters. The smallest absolute Gasteiger partial charge is 0.123 e. The van der Waals surface area contributed by atoms with E-state index in [1.807, 2.05) is 0 Å². The number of benzene rings is 2. The van der Waals surface area contributed by atoms with Crippen molar-refractivity contribution in [1.29, 1.82) is 0 Å². The van der Waals surface area contributed by atoms with E-state index in [9.17, 15) is 0 Å². The molecule has 0 bridgehead atoms. The summed E-state index contributed by atoms with van der Waals surface area (Å²) in [5.41, 5.74) is 3.93. The third kappa shape index (κ3) is 3.01. The third-order valence-corrected chi connectivity index (χ3v) is 5.49. The van der Waals surface area contributed by atoms with Crippen molar-refractivity contribution >= 4 is 15.9 Å². The second-order valence-corrected chi connectivity index (χ2v) is 7.49. The summed E-state index contributed by atoms with van der Waals surface area (Å²) >= 11 is 3.88. The van der Waals surface area contributed by atoms with Crippen LogP contribution < -0.4 is 4.74 Å². The second-order valence-electron chi connectivity index (χ2n) is 6.51. The van der Waals surface area contributed by atoms with Gasteiger partial charge in [0, 0.05) is 11.2 Å². The predicted octanol–water partition coefficient (Wildman–Crippen LogP) is 5.64. The fraction of sp³-hybridized carbons (Fsp3) is 0.368. The molecule has 21 heavy (non-hydrogen) atoms. The van der Waals surface area contributed by atoms with Crippen molar-refractivity contribution in [2.24, 2.45) is 0 Å². The lowest BCUT2D eigenvalue weighted by atomic mass is 9.92. The van der Waals surface area contributed by atoms with Gasteiger partial charge in [0.2, 0.25) is 0 Å². The number of rotatable bonds is 3. The number of hydrogen-bond acceptors (Lipinski definition) is 1. The van der Waals surface area contributed by atoms with E-state index in [2.05, 4.69) is 85.2 Å². The minimum Gasteiger partial charge on any atom is -0.487 e. The number of fused-ring (bicyclic) bond motifs is 1. The van der Waals surface area contributed by atoms with E-state index < -0.39 is 0 Å². The molecular formula is C19H21BrO. The van der Waals surface area contributed by atoms with Crippen molar-refractivity contribution in [3.63, 3.8) is 0 Å². The van der Waals surface area contributed by atoms with E-state index in [4.69, 9.17) is 4.74 Å². The van der Waals surface area contributed by atoms with Crippen LogP contribution in [0.1, 0.15) is 48.2 Å². The average molecular weight is 345 g/mol. The van der Waals surface area contributed by atoms with Crippen LogP contribution >= 0.6 is 15.9 Å². The highest BCUT2D eigenvalue weighted by Crippen LogP contribution is 2.41. The summed E-state index contributed by atoms with van der Waals surface area (Å²) in [6.45, 7) is 6.55. The monoisotopic (exact) mass is 344 g/mol. The van der Waals surface area contributed by atoms with Crippen LogP contribution in [0.25, 0.3) is 0 Å². The molecule has 2 aromatic rings. The van der Waals surface area contributed by atoms with Crippen LogP contribution in [0.5, 0.6) is 5.75 Å². The molecule has 0 N–H and O–H groups in total. The topological polar surface area (TPSA) is 9.23 Å². The largest absolute Gasteiger partial charge is 0.487 e. The van der Waals surface area contributed by atoms with Crippen molar-refractivity contribution in [1.82, 2.24) is 0 Å². The lowest BCUT2D eigenvalue weighted by molar-refractivity contribution is 0.138. The van der Waals surface area contributed by atoms with Crippen molar-refractivity contribution in [3.8, 4) is 5.75 Å². The van der Waals surface area contributed by atoms with Gasteiger partial charge in [-0.25, -0.2) is 0 Å². The van der Waals surface area contributed by atoms with Gasteiger partial charge < -0.3 is 4.74 Å². The van der Waals surface area contributed by atoms with Gasteiger partial charge in [-0.1, -0.05) is 65.3 Å². The van der Waals surface area contributed by atoms with Crippen LogP contribution in [-0.4, -0.2) is 5.60 Å². The van der Waals surface area contributed by atoms with Crippen molar-refractivity contribution in [2.75, 3.05) is 0 Å². The maximum absolute atomic E-state index is 5.96. The standard InChI is InChI=1S/C19H21BrO/c1-13(14-7-5-4-6-8-14)18(20)15-9-10-17-16(11-15)12-19(2,3)21-17/h4-11,13,18H,12H2,1-3H3. The highest BCUT2D eigenvalue weighted by molar-refractivity contribution is 9.09. The van der Waals surface area contributed by atoms with Gasteiger partial charge in [-0.15, -0.1) is 0 Å². The van der Waals surface area contributed by atoms with Gasteiger partial charge in [-0.3, -0.25) is 0 Å². The van der Waals surface area contributed by atoms with Crippen molar-refractivity contribution in [3.05, 3.63) is 65.2 Å². The van der Waals surface area contributed by atoms with Crippen LogP contribution in [0, 0.1) is 0 Å². The average Bonchev–Trinajstić information content (AvgIpc) is 2.79. The summed E-state index contributed by atoms with van der Waals surface area (Å²) in [6.07, 6.45) is 0.982. The molecule has 0 radical (unpaired) electrons. The van der Waals surface area contributed by atoms with E-state index in [1.54, 1.807) is 0 Å². The van der Waals surface area contributed by atoms with Crippen LogP contribution in [0.3, 0.4) is 0 Å². The molecule has 0 aromatic heterocycles. The molecule has 0 saturated heterocycles. The Labute approximate surface area is 135 Å². The van der Waals surface area contributed by atoms with Crippen LogP contribution in [0.4, 0.5) is 0 Å². The molecule has 0 aliphatic carbocycles. The summed E-state index contributed by atoms with van der Waals surface area (Å²) in [6, 6.07) is 17.2. The Kier molecular flexibility index (Phi) is 3.83. The fourth-order valence-electron chi connectivity index (χ4n) is 3.02. The van der Waals surface area contributed by atoms with Crippen LogP contribution in [-0.2, 0) is 6.42 Å². The Morgan fingerprint density at radius 1 is 1.05 bits per heavy atom. The summed E-state index contributed by atoms with van der Waals surface area (Å²) in [5, 5.41) is 0. The molecule has 2 atom stereocenters. The molecule has 110 valence electrons. The predicted molar refractivity (Wildman–Crippen MR) is 91.4 cm³/mol. The molecule has 0 saturated carbocycles.